The number of anilines is 1. The number of carboxylic acids is 1. The number of carbonyl (C=O) groups excluding carboxylic acids is 2. The molecule has 18 heavy (non-hydrogen) atoms. The summed E-state index contributed by atoms with van der Waals surface area (Å²) in [6.45, 7) is -0.758. The second kappa shape index (κ2) is 5.71. The third kappa shape index (κ3) is 3.24. The molecule has 0 fully saturated rings. The lowest BCUT2D eigenvalue weighted by molar-refractivity contribution is -0.135. The van der Waals surface area contributed by atoms with Crippen LogP contribution in [0.2, 0.25) is 0 Å². The van der Waals surface area contributed by atoms with Crippen LogP contribution in [0.25, 0.3) is 0 Å². The van der Waals surface area contributed by atoms with Crippen molar-refractivity contribution in [1.29, 1.82) is 0 Å². The third-order valence-corrected chi connectivity index (χ3v) is 1.89. The maximum absolute atomic E-state index is 13.4. The molecule has 0 atom stereocenters. The molecule has 0 aliphatic rings. The Kier molecular flexibility index (Phi) is 4.30. The van der Waals surface area contributed by atoms with Gasteiger partial charge in [0, 0.05) is 5.69 Å². The van der Waals surface area contributed by atoms with Crippen LogP contribution in [0.3, 0.4) is 0 Å². The molecule has 0 bridgehead atoms. The molecule has 8 heteroatoms. The summed E-state index contributed by atoms with van der Waals surface area (Å²) in [7, 11) is 0. The van der Waals surface area contributed by atoms with Crippen LogP contribution in [0.1, 0.15) is 10.4 Å². The second-order valence-corrected chi connectivity index (χ2v) is 3.15. The van der Waals surface area contributed by atoms with Gasteiger partial charge >= 0.3 is 5.97 Å². The van der Waals surface area contributed by atoms with E-state index in [1.165, 1.54) is 0 Å². The monoisotopic (exact) mass is 258 g/mol. The predicted octanol–water partition coefficient (Wildman–Crippen LogP) is 0.347. The number of hydrogen-bond acceptors (Lipinski definition) is 3. The molecule has 1 aromatic rings. The summed E-state index contributed by atoms with van der Waals surface area (Å²) < 4.78 is 26.8. The molecule has 0 aromatic heterocycles. The molecule has 0 aliphatic heterocycles. The minimum absolute atomic E-state index is 0.158. The Bertz CT molecular complexity index is 482. The number of aliphatic carboxylic acids is 1. The Morgan fingerprint density at radius 2 is 1.83 bits per heavy atom. The number of carbonyl (C=O) groups is 3. The molecule has 0 saturated heterocycles. The van der Waals surface area contributed by atoms with Crippen LogP contribution >= 0.6 is 0 Å². The first-order chi connectivity index (χ1) is 8.45. The molecule has 0 aliphatic carbocycles. The fourth-order valence-corrected chi connectivity index (χ4v) is 1.19. The van der Waals surface area contributed by atoms with Gasteiger partial charge in [0.1, 0.15) is 23.7 Å². The maximum atomic E-state index is 13.4. The van der Waals surface area contributed by atoms with Gasteiger partial charge in [0.05, 0.1) is 0 Å². The van der Waals surface area contributed by atoms with Crippen molar-refractivity contribution in [1.82, 2.24) is 5.32 Å². The van der Waals surface area contributed by atoms with E-state index in [4.69, 9.17) is 5.11 Å². The molecule has 96 valence electrons. The minimum Gasteiger partial charge on any atom is -0.480 e. The van der Waals surface area contributed by atoms with Crippen LogP contribution in [-0.4, -0.2) is 29.9 Å². The van der Waals surface area contributed by atoms with Crippen LogP contribution in [-0.2, 0) is 9.59 Å². The van der Waals surface area contributed by atoms with Gasteiger partial charge in [0.25, 0.3) is 5.91 Å². The van der Waals surface area contributed by atoms with Crippen molar-refractivity contribution in [3.05, 3.63) is 29.3 Å². The van der Waals surface area contributed by atoms with E-state index in [1.54, 1.807) is 0 Å². The Hall–Kier alpha value is -2.51. The molecule has 0 saturated carbocycles. The summed E-state index contributed by atoms with van der Waals surface area (Å²) in [5.74, 6) is -4.95. The van der Waals surface area contributed by atoms with E-state index in [-0.39, 0.29) is 12.1 Å². The van der Waals surface area contributed by atoms with Gasteiger partial charge < -0.3 is 15.7 Å². The lowest BCUT2D eigenvalue weighted by Crippen LogP contribution is -2.30. The second-order valence-electron chi connectivity index (χ2n) is 3.15. The van der Waals surface area contributed by atoms with Crippen LogP contribution in [0.4, 0.5) is 14.5 Å². The number of rotatable bonds is 5. The van der Waals surface area contributed by atoms with Crippen molar-refractivity contribution in [2.45, 2.75) is 0 Å². The van der Waals surface area contributed by atoms with E-state index < -0.39 is 35.6 Å². The molecule has 1 aromatic carbocycles. The number of nitrogens with one attached hydrogen (secondary N) is 2. The first-order valence-electron chi connectivity index (χ1n) is 4.65. The van der Waals surface area contributed by atoms with Crippen LogP contribution in [0.5, 0.6) is 0 Å². The number of carboxylic acid groups (broad SMARTS) is 1. The van der Waals surface area contributed by atoms with E-state index in [0.29, 0.717) is 0 Å². The SMILES string of the molecule is O=CNc1cc(F)c(C(=O)NCC(=O)O)c(F)c1. The van der Waals surface area contributed by atoms with Gasteiger partial charge in [0.2, 0.25) is 6.41 Å². The van der Waals surface area contributed by atoms with Gasteiger partial charge in [-0.15, -0.1) is 0 Å². The highest BCUT2D eigenvalue weighted by Gasteiger charge is 2.19. The summed E-state index contributed by atoms with van der Waals surface area (Å²) in [6, 6.07) is 1.49. The number of halogens is 2. The van der Waals surface area contributed by atoms with Crippen molar-refractivity contribution in [2.75, 3.05) is 11.9 Å². The van der Waals surface area contributed by atoms with E-state index in [2.05, 4.69) is 0 Å². The van der Waals surface area contributed by atoms with E-state index in [1.807, 2.05) is 10.6 Å². The molecular weight excluding hydrogens is 250 g/mol. The highest BCUT2D eigenvalue weighted by molar-refractivity contribution is 5.96. The van der Waals surface area contributed by atoms with Crippen molar-refractivity contribution < 1.29 is 28.3 Å². The summed E-state index contributed by atoms with van der Waals surface area (Å²) in [5.41, 5.74) is -1.07. The number of amides is 2. The number of benzene rings is 1. The maximum Gasteiger partial charge on any atom is 0.322 e. The van der Waals surface area contributed by atoms with Gasteiger partial charge in [-0.1, -0.05) is 0 Å². The fraction of sp³-hybridized carbons (Fsp3) is 0.100. The zero-order chi connectivity index (χ0) is 13.7. The summed E-state index contributed by atoms with van der Waals surface area (Å²) in [5, 5.41) is 12.2. The smallest absolute Gasteiger partial charge is 0.322 e. The molecule has 6 nitrogen and oxygen atoms in total. The van der Waals surface area contributed by atoms with Crippen LogP contribution < -0.4 is 10.6 Å². The summed E-state index contributed by atoms with van der Waals surface area (Å²) >= 11 is 0. The lowest BCUT2D eigenvalue weighted by atomic mass is 10.1. The highest BCUT2D eigenvalue weighted by Crippen LogP contribution is 2.18. The zero-order valence-corrected chi connectivity index (χ0v) is 8.87. The normalized spacial score (nSPS) is 9.67. The Balaban J connectivity index is 2.98. The van der Waals surface area contributed by atoms with E-state index >= 15 is 0 Å². The number of hydrogen-bond donors (Lipinski definition) is 3. The van der Waals surface area contributed by atoms with Gasteiger partial charge in [-0.25, -0.2) is 8.78 Å². The molecule has 2 amide bonds. The Labute approximate surface area is 99.6 Å². The lowest BCUT2D eigenvalue weighted by Gasteiger charge is -2.07. The molecule has 0 spiro atoms. The predicted molar refractivity (Wildman–Crippen MR) is 56.0 cm³/mol. The summed E-state index contributed by atoms with van der Waals surface area (Å²) in [6.07, 6.45) is 0.221. The molecule has 0 unspecified atom stereocenters. The first kappa shape index (κ1) is 13.6. The third-order valence-electron chi connectivity index (χ3n) is 1.89. The van der Waals surface area contributed by atoms with Crippen LogP contribution in [0, 0.1) is 11.6 Å². The minimum atomic E-state index is -1.34. The first-order valence-corrected chi connectivity index (χ1v) is 4.65. The topological polar surface area (TPSA) is 95.5 Å². The summed E-state index contributed by atoms with van der Waals surface area (Å²) in [4.78, 5) is 31.6. The quantitative estimate of drug-likeness (QED) is 0.664. The largest absolute Gasteiger partial charge is 0.480 e. The molecule has 3 N–H and O–H groups in total. The van der Waals surface area contributed by atoms with Gasteiger partial charge in [-0.05, 0) is 12.1 Å². The van der Waals surface area contributed by atoms with Crippen molar-refractivity contribution in [3.63, 3.8) is 0 Å². The molecule has 0 radical (unpaired) electrons. The standard InChI is InChI=1S/C10H8F2N2O4/c11-6-1-5(14-4-15)2-7(12)9(6)10(18)13-3-8(16)17/h1-2,4H,3H2,(H,13,18)(H,14,15)(H,16,17). The fourth-order valence-electron chi connectivity index (χ4n) is 1.19. The van der Waals surface area contributed by atoms with E-state index in [9.17, 15) is 23.2 Å². The van der Waals surface area contributed by atoms with Gasteiger partial charge in [-0.2, -0.15) is 0 Å². The Morgan fingerprint density at radius 1 is 1.28 bits per heavy atom. The van der Waals surface area contributed by atoms with Gasteiger partial charge in [-0.3, -0.25) is 14.4 Å². The van der Waals surface area contributed by atoms with E-state index in [0.717, 1.165) is 12.1 Å². The highest BCUT2D eigenvalue weighted by atomic mass is 19.1. The van der Waals surface area contributed by atoms with Crippen molar-refractivity contribution in [3.8, 4) is 0 Å². The zero-order valence-electron chi connectivity index (χ0n) is 8.87. The van der Waals surface area contributed by atoms with Crippen molar-refractivity contribution >= 4 is 24.0 Å². The van der Waals surface area contributed by atoms with Crippen LogP contribution in [0.15, 0.2) is 12.1 Å². The average Bonchev–Trinajstić information content (AvgIpc) is 2.25. The Morgan fingerprint density at radius 3 is 2.28 bits per heavy atom. The average molecular weight is 258 g/mol. The van der Waals surface area contributed by atoms with Crippen molar-refractivity contribution in [2.24, 2.45) is 0 Å². The molecule has 1 rings (SSSR count). The molecular formula is C10H8F2N2O4. The van der Waals surface area contributed by atoms with Gasteiger partial charge in [0.15, 0.2) is 0 Å². The molecule has 0 heterocycles.